The standard InChI is InChI=1S/C14H17NO2S/c1-16-12-6-4-11(5-7-12)14(9-15)18-10-13-3-2-8-17-13/h2-8,14H,9-10,15H2,1H3. The molecule has 0 saturated heterocycles. The third-order valence-electron chi connectivity index (χ3n) is 2.71. The van der Waals surface area contributed by atoms with Gasteiger partial charge in [0.2, 0.25) is 0 Å². The van der Waals surface area contributed by atoms with Gasteiger partial charge in [0.1, 0.15) is 11.5 Å². The SMILES string of the molecule is COc1ccc(C(CN)SCc2ccco2)cc1. The second kappa shape index (κ2) is 6.52. The Balaban J connectivity index is 1.98. The van der Waals surface area contributed by atoms with Crippen LogP contribution >= 0.6 is 11.8 Å². The van der Waals surface area contributed by atoms with Gasteiger partial charge in [-0.1, -0.05) is 12.1 Å². The minimum atomic E-state index is 0.279. The largest absolute Gasteiger partial charge is 0.497 e. The highest BCUT2D eigenvalue weighted by Gasteiger charge is 2.11. The summed E-state index contributed by atoms with van der Waals surface area (Å²) >= 11 is 1.79. The van der Waals surface area contributed by atoms with E-state index in [1.807, 2.05) is 24.3 Å². The van der Waals surface area contributed by atoms with Crippen LogP contribution in [-0.4, -0.2) is 13.7 Å². The van der Waals surface area contributed by atoms with Gasteiger partial charge in [-0.3, -0.25) is 0 Å². The molecule has 4 heteroatoms. The number of hydrogen-bond acceptors (Lipinski definition) is 4. The Morgan fingerprint density at radius 3 is 2.61 bits per heavy atom. The van der Waals surface area contributed by atoms with Crippen molar-refractivity contribution in [3.63, 3.8) is 0 Å². The maximum atomic E-state index is 5.83. The molecule has 0 radical (unpaired) electrons. The molecule has 0 bridgehead atoms. The van der Waals surface area contributed by atoms with E-state index < -0.39 is 0 Å². The van der Waals surface area contributed by atoms with Gasteiger partial charge in [-0.05, 0) is 29.8 Å². The summed E-state index contributed by atoms with van der Waals surface area (Å²) in [6, 6.07) is 11.9. The normalized spacial score (nSPS) is 12.3. The Hall–Kier alpha value is -1.39. The zero-order chi connectivity index (χ0) is 12.8. The smallest absolute Gasteiger partial charge is 0.118 e. The molecule has 0 fully saturated rings. The number of nitrogens with two attached hydrogens (primary N) is 1. The summed E-state index contributed by atoms with van der Waals surface area (Å²) in [6.45, 7) is 0.609. The molecule has 2 aromatic rings. The van der Waals surface area contributed by atoms with Crippen molar-refractivity contribution in [3.05, 3.63) is 54.0 Å². The molecule has 1 unspecified atom stereocenters. The molecular weight excluding hydrogens is 246 g/mol. The van der Waals surface area contributed by atoms with Gasteiger partial charge in [0.15, 0.2) is 0 Å². The summed E-state index contributed by atoms with van der Waals surface area (Å²) in [5, 5.41) is 0.279. The average molecular weight is 263 g/mol. The molecule has 1 atom stereocenters. The topological polar surface area (TPSA) is 48.4 Å². The van der Waals surface area contributed by atoms with Crippen molar-refractivity contribution in [2.24, 2.45) is 5.73 Å². The first-order valence-corrected chi connectivity index (χ1v) is 6.86. The van der Waals surface area contributed by atoms with Gasteiger partial charge in [-0.2, -0.15) is 0 Å². The van der Waals surface area contributed by atoms with E-state index in [1.54, 1.807) is 25.1 Å². The minimum Gasteiger partial charge on any atom is -0.497 e. The predicted octanol–water partition coefficient (Wildman–Crippen LogP) is 3.22. The molecule has 0 amide bonds. The van der Waals surface area contributed by atoms with E-state index >= 15 is 0 Å². The minimum absolute atomic E-state index is 0.279. The third-order valence-corrected chi connectivity index (χ3v) is 4.03. The van der Waals surface area contributed by atoms with Crippen LogP contribution in [0.3, 0.4) is 0 Å². The van der Waals surface area contributed by atoms with Gasteiger partial charge in [0, 0.05) is 11.8 Å². The monoisotopic (exact) mass is 263 g/mol. The van der Waals surface area contributed by atoms with Gasteiger partial charge < -0.3 is 14.9 Å². The molecule has 0 aliphatic carbocycles. The van der Waals surface area contributed by atoms with E-state index in [1.165, 1.54) is 5.56 Å². The van der Waals surface area contributed by atoms with Crippen LogP contribution in [0.15, 0.2) is 47.1 Å². The van der Waals surface area contributed by atoms with Crippen LogP contribution in [0, 0.1) is 0 Å². The number of hydrogen-bond donors (Lipinski definition) is 1. The van der Waals surface area contributed by atoms with Crippen molar-refractivity contribution in [1.82, 2.24) is 0 Å². The number of ether oxygens (including phenoxy) is 1. The molecular formula is C14H17NO2S. The summed E-state index contributed by atoms with van der Waals surface area (Å²) in [4.78, 5) is 0. The van der Waals surface area contributed by atoms with E-state index in [4.69, 9.17) is 14.9 Å². The summed E-state index contributed by atoms with van der Waals surface area (Å²) in [7, 11) is 1.67. The van der Waals surface area contributed by atoms with E-state index in [2.05, 4.69) is 12.1 Å². The summed E-state index contributed by atoms with van der Waals surface area (Å²) in [5.74, 6) is 2.68. The molecule has 2 N–H and O–H groups in total. The zero-order valence-corrected chi connectivity index (χ0v) is 11.2. The first kappa shape index (κ1) is 13.1. The lowest BCUT2D eigenvalue weighted by Gasteiger charge is -2.14. The first-order valence-electron chi connectivity index (χ1n) is 5.81. The number of thioether (sulfide) groups is 1. The second-order valence-corrected chi connectivity index (χ2v) is 5.08. The van der Waals surface area contributed by atoms with Gasteiger partial charge in [-0.25, -0.2) is 0 Å². The van der Waals surface area contributed by atoms with E-state index in [0.29, 0.717) is 6.54 Å². The molecule has 1 heterocycles. The third kappa shape index (κ3) is 3.31. The molecule has 1 aromatic heterocycles. The van der Waals surface area contributed by atoms with E-state index in [-0.39, 0.29) is 5.25 Å². The second-order valence-electron chi connectivity index (χ2n) is 3.89. The molecule has 2 rings (SSSR count). The Kier molecular flexibility index (Phi) is 4.73. The van der Waals surface area contributed by atoms with Crippen LogP contribution in [0.4, 0.5) is 0 Å². The summed E-state index contributed by atoms with van der Waals surface area (Å²) in [6.07, 6.45) is 1.70. The lowest BCUT2D eigenvalue weighted by molar-refractivity contribution is 0.414. The number of methoxy groups -OCH3 is 1. The maximum absolute atomic E-state index is 5.83. The van der Waals surface area contributed by atoms with Crippen molar-refractivity contribution in [2.45, 2.75) is 11.0 Å². The number of benzene rings is 1. The fourth-order valence-electron chi connectivity index (χ4n) is 1.70. The van der Waals surface area contributed by atoms with Gasteiger partial charge in [-0.15, -0.1) is 11.8 Å². The lowest BCUT2D eigenvalue weighted by atomic mass is 10.1. The van der Waals surface area contributed by atoms with E-state index in [9.17, 15) is 0 Å². The van der Waals surface area contributed by atoms with Crippen LogP contribution in [0.25, 0.3) is 0 Å². The molecule has 0 spiro atoms. The fourth-order valence-corrected chi connectivity index (χ4v) is 2.71. The van der Waals surface area contributed by atoms with Gasteiger partial charge in [0.25, 0.3) is 0 Å². The molecule has 96 valence electrons. The number of furan rings is 1. The van der Waals surface area contributed by atoms with Crippen molar-refractivity contribution >= 4 is 11.8 Å². The van der Waals surface area contributed by atoms with Gasteiger partial charge in [0.05, 0.1) is 19.1 Å². The van der Waals surface area contributed by atoms with Crippen molar-refractivity contribution < 1.29 is 9.15 Å². The fraction of sp³-hybridized carbons (Fsp3) is 0.286. The highest BCUT2D eigenvalue weighted by atomic mass is 32.2. The van der Waals surface area contributed by atoms with Crippen LogP contribution in [0.2, 0.25) is 0 Å². The van der Waals surface area contributed by atoms with Crippen LogP contribution < -0.4 is 10.5 Å². The molecule has 0 aliphatic heterocycles. The molecule has 0 saturated carbocycles. The Labute approximate surface area is 111 Å². The van der Waals surface area contributed by atoms with Crippen LogP contribution in [0.1, 0.15) is 16.6 Å². The summed E-state index contributed by atoms with van der Waals surface area (Å²) in [5.41, 5.74) is 7.05. The highest BCUT2D eigenvalue weighted by molar-refractivity contribution is 7.98. The van der Waals surface area contributed by atoms with Crippen LogP contribution in [0.5, 0.6) is 5.75 Å². The first-order chi connectivity index (χ1) is 8.83. The molecule has 3 nitrogen and oxygen atoms in total. The highest BCUT2D eigenvalue weighted by Crippen LogP contribution is 2.31. The predicted molar refractivity (Wildman–Crippen MR) is 74.8 cm³/mol. The Morgan fingerprint density at radius 2 is 2.06 bits per heavy atom. The van der Waals surface area contributed by atoms with Crippen molar-refractivity contribution in [2.75, 3.05) is 13.7 Å². The molecule has 1 aromatic carbocycles. The molecule has 18 heavy (non-hydrogen) atoms. The van der Waals surface area contributed by atoms with Crippen molar-refractivity contribution in [1.29, 1.82) is 0 Å². The van der Waals surface area contributed by atoms with Gasteiger partial charge >= 0.3 is 0 Å². The summed E-state index contributed by atoms with van der Waals surface area (Å²) < 4.78 is 10.5. The van der Waals surface area contributed by atoms with Crippen molar-refractivity contribution in [3.8, 4) is 5.75 Å². The lowest BCUT2D eigenvalue weighted by Crippen LogP contribution is -2.09. The molecule has 0 aliphatic rings. The zero-order valence-electron chi connectivity index (χ0n) is 10.3. The van der Waals surface area contributed by atoms with Crippen LogP contribution in [-0.2, 0) is 5.75 Å². The Morgan fingerprint density at radius 1 is 1.28 bits per heavy atom. The Bertz CT molecular complexity index is 453. The quantitative estimate of drug-likeness (QED) is 0.869. The number of rotatable bonds is 6. The van der Waals surface area contributed by atoms with E-state index in [0.717, 1.165) is 17.3 Å². The average Bonchev–Trinajstić information content (AvgIpc) is 2.93. The maximum Gasteiger partial charge on any atom is 0.118 e.